The Hall–Kier alpha value is -4.41. The summed E-state index contributed by atoms with van der Waals surface area (Å²) < 4.78 is 4.60. The number of nitro groups is 1. The number of hydrogen-bond acceptors (Lipinski definition) is 8. The summed E-state index contributed by atoms with van der Waals surface area (Å²) in [6.07, 6.45) is 0. The van der Waals surface area contributed by atoms with E-state index < -0.39 is 39.8 Å². The standard InChI is InChI=1S/C20H16N4O7/c1-10-3-5-11(6-4-10)21-19(27)17(25)15(20(28)31-2)16-18(26)23-14-9-12(24(29)30)7-8-13(14)22-16/h3-9,15H,1-2H3,(H,21,27)(H,23,26)/t15-/m1/s1. The molecule has 0 aliphatic rings. The molecular weight excluding hydrogens is 408 g/mol. The van der Waals surface area contributed by atoms with E-state index in [4.69, 9.17) is 0 Å². The number of fused-ring (bicyclic) bond motifs is 1. The van der Waals surface area contributed by atoms with Crippen molar-refractivity contribution < 1.29 is 24.0 Å². The molecule has 11 heteroatoms. The number of ketones is 1. The van der Waals surface area contributed by atoms with Gasteiger partial charge >= 0.3 is 5.97 Å². The van der Waals surface area contributed by atoms with Gasteiger partial charge in [-0.25, -0.2) is 4.98 Å². The minimum Gasteiger partial charge on any atom is -0.468 e. The number of aryl methyl sites for hydroxylation is 1. The van der Waals surface area contributed by atoms with Crippen molar-refractivity contribution in [3.8, 4) is 0 Å². The van der Waals surface area contributed by atoms with Gasteiger partial charge < -0.3 is 15.0 Å². The van der Waals surface area contributed by atoms with Gasteiger partial charge in [-0.2, -0.15) is 0 Å². The zero-order valence-corrected chi connectivity index (χ0v) is 16.4. The minimum atomic E-state index is -1.92. The molecule has 3 aromatic rings. The highest BCUT2D eigenvalue weighted by molar-refractivity contribution is 6.45. The van der Waals surface area contributed by atoms with Crippen molar-refractivity contribution in [3.63, 3.8) is 0 Å². The lowest BCUT2D eigenvalue weighted by Crippen LogP contribution is -2.37. The number of anilines is 1. The van der Waals surface area contributed by atoms with E-state index in [1.54, 1.807) is 24.3 Å². The third-order valence-corrected chi connectivity index (χ3v) is 4.42. The van der Waals surface area contributed by atoms with Crippen LogP contribution in [0.1, 0.15) is 17.2 Å². The molecule has 0 aliphatic heterocycles. The number of aromatic nitrogens is 2. The van der Waals surface area contributed by atoms with E-state index in [2.05, 4.69) is 20.0 Å². The number of amides is 1. The molecule has 0 saturated heterocycles. The monoisotopic (exact) mass is 424 g/mol. The number of non-ortho nitro benzene ring substituents is 1. The molecule has 0 spiro atoms. The Morgan fingerprint density at radius 2 is 1.84 bits per heavy atom. The number of methoxy groups -OCH3 is 1. The normalized spacial score (nSPS) is 11.5. The summed E-state index contributed by atoms with van der Waals surface area (Å²) in [7, 11) is 0.999. The lowest BCUT2D eigenvalue weighted by atomic mass is 9.99. The SMILES string of the molecule is COC(=O)[C@@H](C(=O)C(=O)Nc1ccc(C)cc1)c1nc2ccc([N+](=O)[O-])cc2[nH]c1=O. The van der Waals surface area contributed by atoms with Crippen molar-refractivity contribution in [1.82, 2.24) is 9.97 Å². The molecule has 1 heterocycles. The Balaban J connectivity index is 2.00. The van der Waals surface area contributed by atoms with Gasteiger partial charge in [0.05, 0.1) is 23.1 Å². The molecule has 31 heavy (non-hydrogen) atoms. The van der Waals surface area contributed by atoms with Crippen molar-refractivity contribution in [2.45, 2.75) is 12.8 Å². The molecule has 2 N–H and O–H groups in total. The van der Waals surface area contributed by atoms with E-state index in [-0.39, 0.29) is 16.7 Å². The highest BCUT2D eigenvalue weighted by Gasteiger charge is 2.37. The molecule has 0 radical (unpaired) electrons. The van der Waals surface area contributed by atoms with Gasteiger partial charge in [0.25, 0.3) is 17.2 Å². The van der Waals surface area contributed by atoms with Crippen molar-refractivity contribution in [1.29, 1.82) is 0 Å². The van der Waals surface area contributed by atoms with Gasteiger partial charge in [0, 0.05) is 17.8 Å². The number of esters is 1. The molecular formula is C20H16N4O7. The fourth-order valence-electron chi connectivity index (χ4n) is 2.82. The molecule has 0 aliphatic carbocycles. The van der Waals surface area contributed by atoms with E-state index in [1.807, 2.05) is 6.92 Å². The van der Waals surface area contributed by atoms with Crippen molar-refractivity contribution >= 4 is 40.1 Å². The topological polar surface area (TPSA) is 161 Å². The number of carbonyl (C=O) groups excluding carboxylic acids is 3. The maximum atomic E-state index is 12.8. The number of nitrogens with one attached hydrogen (secondary N) is 2. The first-order valence-electron chi connectivity index (χ1n) is 8.89. The van der Waals surface area contributed by atoms with Crippen LogP contribution in [-0.4, -0.2) is 39.7 Å². The average molecular weight is 424 g/mol. The molecule has 158 valence electrons. The van der Waals surface area contributed by atoms with Crippen LogP contribution in [0.5, 0.6) is 0 Å². The Morgan fingerprint density at radius 3 is 2.45 bits per heavy atom. The maximum absolute atomic E-state index is 12.8. The van der Waals surface area contributed by atoms with Crippen LogP contribution in [0.25, 0.3) is 11.0 Å². The van der Waals surface area contributed by atoms with E-state index >= 15 is 0 Å². The number of benzene rings is 2. The zero-order valence-electron chi connectivity index (χ0n) is 16.4. The van der Waals surface area contributed by atoms with Crippen LogP contribution in [0, 0.1) is 17.0 Å². The Morgan fingerprint density at radius 1 is 1.16 bits per heavy atom. The minimum absolute atomic E-state index is 0.0307. The zero-order chi connectivity index (χ0) is 22.7. The third kappa shape index (κ3) is 4.45. The molecule has 1 aromatic heterocycles. The molecule has 3 rings (SSSR count). The molecule has 11 nitrogen and oxygen atoms in total. The Kier molecular flexibility index (Phi) is 5.86. The summed E-state index contributed by atoms with van der Waals surface area (Å²) in [6, 6.07) is 10.1. The Labute approximate surface area is 174 Å². The maximum Gasteiger partial charge on any atom is 0.323 e. The van der Waals surface area contributed by atoms with Gasteiger partial charge in [0.15, 0.2) is 5.92 Å². The van der Waals surface area contributed by atoms with Crippen LogP contribution in [0.15, 0.2) is 47.3 Å². The van der Waals surface area contributed by atoms with Crippen LogP contribution in [0.4, 0.5) is 11.4 Å². The van der Waals surface area contributed by atoms with E-state index in [0.717, 1.165) is 24.8 Å². The van der Waals surface area contributed by atoms with Gasteiger partial charge in [-0.15, -0.1) is 0 Å². The number of rotatable bonds is 6. The molecule has 2 aromatic carbocycles. The van der Waals surface area contributed by atoms with Crippen molar-refractivity contribution in [2.24, 2.45) is 0 Å². The van der Waals surface area contributed by atoms with Gasteiger partial charge in [0.1, 0.15) is 5.69 Å². The van der Waals surface area contributed by atoms with Gasteiger partial charge in [-0.1, -0.05) is 17.7 Å². The highest BCUT2D eigenvalue weighted by Crippen LogP contribution is 2.20. The number of ether oxygens (including phenoxy) is 1. The highest BCUT2D eigenvalue weighted by atomic mass is 16.6. The molecule has 1 atom stereocenters. The van der Waals surface area contributed by atoms with E-state index in [1.165, 1.54) is 6.07 Å². The van der Waals surface area contributed by atoms with E-state index in [9.17, 15) is 29.3 Å². The fourth-order valence-corrected chi connectivity index (χ4v) is 2.82. The predicted molar refractivity (Wildman–Crippen MR) is 109 cm³/mol. The fraction of sp³-hybridized carbons (Fsp3) is 0.150. The number of H-pyrrole nitrogens is 1. The first kappa shape index (κ1) is 21.3. The van der Waals surface area contributed by atoms with Crippen LogP contribution >= 0.6 is 0 Å². The number of nitro benzene ring substituents is 1. The second-order valence-electron chi connectivity index (χ2n) is 6.55. The quantitative estimate of drug-likeness (QED) is 0.198. The van der Waals surface area contributed by atoms with E-state index in [0.29, 0.717) is 5.69 Å². The number of Topliss-reactive ketones (excluding diaryl/α,β-unsaturated/α-hetero) is 1. The lowest BCUT2D eigenvalue weighted by molar-refractivity contribution is -0.384. The number of carbonyl (C=O) groups is 3. The number of nitrogens with zero attached hydrogens (tertiary/aromatic N) is 2. The van der Waals surface area contributed by atoms with Gasteiger partial charge in [0.2, 0.25) is 5.78 Å². The largest absolute Gasteiger partial charge is 0.468 e. The summed E-state index contributed by atoms with van der Waals surface area (Å²) >= 11 is 0. The molecule has 0 saturated carbocycles. The first-order chi connectivity index (χ1) is 14.7. The summed E-state index contributed by atoms with van der Waals surface area (Å²) in [6.45, 7) is 1.84. The lowest BCUT2D eigenvalue weighted by Gasteiger charge is -2.13. The predicted octanol–water partition coefficient (Wildman–Crippen LogP) is 1.60. The summed E-state index contributed by atoms with van der Waals surface area (Å²) in [5.74, 6) is -5.45. The van der Waals surface area contributed by atoms with Crippen LogP contribution in [-0.2, 0) is 19.1 Å². The smallest absolute Gasteiger partial charge is 0.323 e. The van der Waals surface area contributed by atoms with Crippen LogP contribution in [0.3, 0.4) is 0 Å². The molecule has 0 fully saturated rings. The van der Waals surface area contributed by atoms with Gasteiger partial charge in [-0.3, -0.25) is 29.3 Å². The molecule has 0 bridgehead atoms. The molecule has 0 unspecified atom stereocenters. The number of aromatic amines is 1. The van der Waals surface area contributed by atoms with Crippen molar-refractivity contribution in [2.75, 3.05) is 12.4 Å². The second-order valence-corrected chi connectivity index (χ2v) is 6.55. The first-order valence-corrected chi connectivity index (χ1v) is 8.89. The number of hydrogen-bond donors (Lipinski definition) is 2. The third-order valence-electron chi connectivity index (χ3n) is 4.42. The van der Waals surface area contributed by atoms with Crippen LogP contribution in [0.2, 0.25) is 0 Å². The summed E-state index contributed by atoms with van der Waals surface area (Å²) in [5, 5.41) is 13.3. The van der Waals surface area contributed by atoms with Crippen molar-refractivity contribution in [3.05, 3.63) is 74.2 Å². The summed E-state index contributed by atoms with van der Waals surface area (Å²) in [4.78, 5) is 66.6. The Bertz CT molecular complexity index is 1260. The average Bonchev–Trinajstić information content (AvgIpc) is 2.75. The molecule has 1 amide bonds. The second kappa shape index (κ2) is 8.53. The van der Waals surface area contributed by atoms with Crippen LogP contribution < -0.4 is 10.9 Å². The van der Waals surface area contributed by atoms with Gasteiger partial charge in [-0.05, 0) is 25.1 Å². The summed E-state index contributed by atoms with van der Waals surface area (Å²) in [5.41, 5.74) is -0.430.